The molecule has 0 fully saturated rings. The molecule has 1 unspecified atom stereocenters. The number of anilines is 2. The van der Waals surface area contributed by atoms with E-state index in [0.717, 1.165) is 28.9 Å². The van der Waals surface area contributed by atoms with Gasteiger partial charge >= 0.3 is 6.09 Å². The molecule has 93 heavy (non-hydrogen) atoms. The lowest BCUT2D eigenvalue weighted by Crippen LogP contribution is -2.50. The maximum atomic E-state index is 14.4. The largest absolute Gasteiger partial charge is 0.493 e. The Morgan fingerprint density at radius 1 is 0.656 bits per heavy atom. The molecule has 7 rings (SSSR count). The first kappa shape index (κ1) is 71.8. The molecule has 5 N–H and O–H groups in total. The summed E-state index contributed by atoms with van der Waals surface area (Å²) in [7, 11) is 2.91. The molecule has 0 aliphatic carbocycles. The van der Waals surface area contributed by atoms with Gasteiger partial charge in [0.05, 0.1) is 121 Å². The predicted molar refractivity (Wildman–Crippen MR) is 348 cm³/mol. The molecule has 7 amide bonds. The number of nitrogens with one attached hydrogen (secondary N) is 4. The van der Waals surface area contributed by atoms with E-state index in [0.29, 0.717) is 99.4 Å². The minimum Gasteiger partial charge on any atom is -0.493 e. The van der Waals surface area contributed by atoms with Crippen LogP contribution in [0.2, 0.25) is 0 Å². The highest BCUT2D eigenvalue weighted by Gasteiger charge is 2.45. The van der Waals surface area contributed by atoms with E-state index in [4.69, 9.17) is 42.6 Å². The molecule has 0 saturated carbocycles. The molecule has 504 valence electrons. The topological polar surface area (TPSA) is 293 Å². The Balaban J connectivity index is 0.813. The van der Waals surface area contributed by atoms with Gasteiger partial charge in [0.25, 0.3) is 11.8 Å². The number of fused-ring (bicyclic) bond motifs is 4. The van der Waals surface area contributed by atoms with Crippen molar-refractivity contribution in [3.8, 4) is 23.0 Å². The van der Waals surface area contributed by atoms with Crippen molar-refractivity contribution >= 4 is 64.8 Å². The summed E-state index contributed by atoms with van der Waals surface area (Å²) >= 11 is 0. The fourth-order valence-corrected chi connectivity index (χ4v) is 10.6. The fraction of sp³-hybridized carbons (Fsp3) is 0.500. The van der Waals surface area contributed by atoms with Crippen molar-refractivity contribution in [1.82, 2.24) is 25.8 Å². The van der Waals surface area contributed by atoms with Crippen molar-refractivity contribution in [1.29, 1.82) is 0 Å². The van der Waals surface area contributed by atoms with Crippen LogP contribution in [0.1, 0.15) is 125 Å². The van der Waals surface area contributed by atoms with E-state index in [1.54, 1.807) is 53.7 Å². The quantitative estimate of drug-likeness (QED) is 0.0338. The third-order valence-electron chi connectivity index (χ3n) is 15.4. The van der Waals surface area contributed by atoms with Gasteiger partial charge in [-0.25, -0.2) is 9.69 Å². The summed E-state index contributed by atoms with van der Waals surface area (Å²) in [4.78, 5) is 101. The Labute approximate surface area is 543 Å². The number of amides is 7. The Kier molecular flexibility index (Phi) is 29.2. The number of carbonyl (C=O) groups is 7. The van der Waals surface area contributed by atoms with Gasteiger partial charge in [-0.05, 0) is 81.0 Å². The second-order valence-electron chi connectivity index (χ2n) is 22.4. The van der Waals surface area contributed by atoms with Crippen LogP contribution in [0.3, 0.4) is 0 Å². The lowest BCUT2D eigenvalue weighted by molar-refractivity contribution is -0.128. The molecule has 3 aromatic carbocycles. The number of aliphatic imine (C=N–C) groups is 1. The zero-order valence-electron chi connectivity index (χ0n) is 54.2. The minimum absolute atomic E-state index is 0.00909. The van der Waals surface area contributed by atoms with Gasteiger partial charge in [-0.2, -0.15) is 0 Å². The van der Waals surface area contributed by atoms with Crippen molar-refractivity contribution < 1.29 is 81.3 Å². The molecule has 0 radical (unpaired) electrons. The van der Waals surface area contributed by atoms with Crippen LogP contribution in [0, 0.1) is 0 Å². The molecule has 0 saturated heterocycles. The molecule has 0 spiro atoms. The number of unbranched alkanes of at least 4 members (excludes halogenated alkanes) is 5. The number of benzene rings is 3. The second kappa shape index (κ2) is 37.8. The van der Waals surface area contributed by atoms with E-state index in [9.17, 15) is 38.7 Å². The normalized spacial score (nSPS) is 16.8. The molecule has 25 nitrogen and oxygen atoms in total. The van der Waals surface area contributed by atoms with Gasteiger partial charge in [0.1, 0.15) is 12.6 Å². The van der Waals surface area contributed by atoms with E-state index >= 15 is 0 Å². The van der Waals surface area contributed by atoms with Crippen LogP contribution in [-0.2, 0) is 49.5 Å². The first-order valence-corrected chi connectivity index (χ1v) is 31.9. The van der Waals surface area contributed by atoms with E-state index < -0.39 is 48.0 Å². The lowest BCUT2D eigenvalue weighted by Gasteiger charge is -2.31. The van der Waals surface area contributed by atoms with Crippen LogP contribution < -0.4 is 45.1 Å². The third kappa shape index (κ3) is 21.5. The minimum atomic E-state index is -1.57. The average molecular weight is 1290 g/mol. The third-order valence-corrected chi connectivity index (χ3v) is 15.4. The van der Waals surface area contributed by atoms with E-state index in [2.05, 4.69) is 33.2 Å². The SMILES string of the molecule is C/C=C/C1=CN2C(=O)c3cc(OC)c(OCCCOc4cc5c(cc4OC)C(=O)N4C=C(/C=C/C)C[C@H]4[C@H](O)N5C(=O)OCc4ccc(NC(=O)[C@H](C)NC(=O)CNC(=O)CCOCCOCCOCCOCCNC(=O)CCCCCCCC)cc4)cc3N=CC2C1. The van der Waals surface area contributed by atoms with E-state index in [1.165, 1.54) is 63.9 Å². The first-order chi connectivity index (χ1) is 45.2. The highest BCUT2D eigenvalue weighted by Crippen LogP contribution is 2.43. The number of carbonyl (C=O) groups excluding carboxylic acids is 7. The molecule has 4 heterocycles. The van der Waals surface area contributed by atoms with Crippen molar-refractivity contribution in [2.45, 2.75) is 129 Å². The van der Waals surface area contributed by atoms with Crippen molar-refractivity contribution in [2.24, 2.45) is 4.99 Å². The number of aliphatic hydroxyl groups is 1. The summed E-state index contributed by atoms with van der Waals surface area (Å²) in [5, 5.41) is 22.7. The van der Waals surface area contributed by atoms with Crippen molar-refractivity contribution in [2.75, 3.05) is 104 Å². The Bertz CT molecular complexity index is 3180. The monoisotopic (exact) mass is 1290 g/mol. The molecular weight excluding hydrogens is 1200 g/mol. The molecule has 3 aromatic rings. The van der Waals surface area contributed by atoms with Crippen molar-refractivity contribution in [3.63, 3.8) is 0 Å². The van der Waals surface area contributed by atoms with Gasteiger partial charge < -0.3 is 78.8 Å². The molecule has 25 heteroatoms. The summed E-state index contributed by atoms with van der Waals surface area (Å²) < 4.78 is 51.5. The first-order valence-electron chi connectivity index (χ1n) is 31.9. The lowest BCUT2D eigenvalue weighted by atomic mass is 10.1. The molecule has 4 aliphatic heterocycles. The number of nitrogens with zero attached hydrogens (tertiary/aromatic N) is 4. The zero-order valence-corrected chi connectivity index (χ0v) is 54.2. The maximum Gasteiger partial charge on any atom is 0.416 e. The summed E-state index contributed by atoms with van der Waals surface area (Å²) in [6.45, 7) is 10.2. The van der Waals surface area contributed by atoms with Crippen LogP contribution in [0.4, 0.5) is 21.9 Å². The van der Waals surface area contributed by atoms with Gasteiger partial charge in [0.2, 0.25) is 23.6 Å². The molecule has 4 atom stereocenters. The number of hydrogen-bond acceptors (Lipinski definition) is 18. The zero-order chi connectivity index (χ0) is 66.5. The predicted octanol–water partition coefficient (Wildman–Crippen LogP) is 7.97. The summed E-state index contributed by atoms with van der Waals surface area (Å²) in [6.07, 6.45) is 18.9. The highest BCUT2D eigenvalue weighted by atomic mass is 16.6. The van der Waals surface area contributed by atoms with Crippen LogP contribution in [0.25, 0.3) is 0 Å². The van der Waals surface area contributed by atoms with Gasteiger partial charge in [0, 0.05) is 62.2 Å². The van der Waals surface area contributed by atoms with Gasteiger partial charge in [-0.3, -0.25) is 33.8 Å². The number of ether oxygens (including phenoxy) is 9. The smallest absolute Gasteiger partial charge is 0.416 e. The average Bonchev–Trinajstić information content (AvgIpc) is 1.64. The van der Waals surface area contributed by atoms with Crippen LogP contribution in [0.15, 0.2) is 101 Å². The van der Waals surface area contributed by atoms with Gasteiger partial charge in [-0.1, -0.05) is 75.5 Å². The molecule has 4 aliphatic rings. The fourth-order valence-electron chi connectivity index (χ4n) is 10.6. The number of methoxy groups -OCH3 is 2. The Morgan fingerprint density at radius 3 is 1.91 bits per heavy atom. The summed E-state index contributed by atoms with van der Waals surface area (Å²) in [5.41, 5.74) is 3.60. The van der Waals surface area contributed by atoms with Crippen LogP contribution in [-0.4, -0.2) is 180 Å². The summed E-state index contributed by atoms with van der Waals surface area (Å²) in [6, 6.07) is 10.6. The number of hydrogen-bond donors (Lipinski definition) is 5. The van der Waals surface area contributed by atoms with Crippen LogP contribution in [0.5, 0.6) is 23.0 Å². The molecule has 0 bridgehead atoms. The number of rotatable bonds is 39. The standard InChI is InChI=1S/C68H90N8O17/c1-7-10-11-12-13-14-18-61(77)69-24-28-88-30-32-90-34-33-89-31-29-87-27-23-62(78)71-42-63(79)72-46(4)64(80)73-50-21-19-47(20-22-50)45-93-68(84)76-55-40-60(58(86-6)38-53(55)66(82)75-44-49(17-9-3)36-56(75)67(76)83)92-26-15-25-91-59-39-54-52(37-57(59)85-5)65(81)74-43-48(16-8-2)35-51(74)41-70-54/h8-9,16-17,19-22,37-41,43-44,46,51,56,67,83H,7,10-15,18,23-36,42,45H2,1-6H3,(H,69,77)(H,71,78)(H,72,79)(H,73,80)/b16-8+,17-9+/t46-,51?,56-,67-/m0/s1. The van der Waals surface area contributed by atoms with Gasteiger partial charge in [-0.15, -0.1) is 0 Å². The maximum absolute atomic E-state index is 14.4. The molecule has 0 aromatic heterocycles. The number of allylic oxidation sites excluding steroid dienone is 4. The van der Waals surface area contributed by atoms with Crippen LogP contribution >= 0.6 is 0 Å². The van der Waals surface area contributed by atoms with E-state index in [1.807, 2.05) is 44.4 Å². The van der Waals surface area contributed by atoms with E-state index in [-0.39, 0.29) is 93.0 Å². The molecular formula is C68H90N8O17. The Hall–Kier alpha value is -8.62. The van der Waals surface area contributed by atoms with Crippen molar-refractivity contribution in [3.05, 3.63) is 113 Å². The Morgan fingerprint density at radius 2 is 1.25 bits per heavy atom. The number of aliphatic hydroxyl groups excluding tert-OH is 1. The van der Waals surface area contributed by atoms with Gasteiger partial charge in [0.15, 0.2) is 29.2 Å². The summed E-state index contributed by atoms with van der Waals surface area (Å²) in [5.74, 6) is -1.05. The highest BCUT2D eigenvalue weighted by molar-refractivity contribution is 6.07. The second-order valence-corrected chi connectivity index (χ2v) is 22.4.